The summed E-state index contributed by atoms with van der Waals surface area (Å²) in [6.07, 6.45) is 3.75. The van der Waals surface area contributed by atoms with Crippen molar-refractivity contribution in [2.45, 2.75) is 11.8 Å². The number of nitrogens with one attached hydrogen (secondary N) is 2. The highest BCUT2D eigenvalue weighted by atomic mass is 35.5. The van der Waals surface area contributed by atoms with Crippen LogP contribution in [-0.4, -0.2) is 28.6 Å². The number of hydrogen-bond donors (Lipinski definition) is 2. The number of aromatic amines is 1. The summed E-state index contributed by atoms with van der Waals surface area (Å²) in [7, 11) is 0. The average molecular weight is 484 g/mol. The number of carbonyl (C=O) groups excluding carboxylic acids is 1. The van der Waals surface area contributed by atoms with Gasteiger partial charge in [0, 0.05) is 30.6 Å². The molecule has 0 radical (unpaired) electrons. The van der Waals surface area contributed by atoms with E-state index < -0.39 is 10.2 Å². The van der Waals surface area contributed by atoms with Crippen LogP contribution in [0, 0.1) is 10.1 Å². The molecule has 11 heteroatoms. The lowest BCUT2D eigenvalue weighted by atomic mass is 10.2. The largest absolute Gasteiger partial charge is 0.468 e. The number of aromatic nitrogens is 1. The van der Waals surface area contributed by atoms with Gasteiger partial charge in [-0.25, -0.2) is 0 Å². The Kier molecular flexibility index (Phi) is 10.2. The molecule has 0 saturated carbocycles. The Labute approximate surface area is 193 Å². The first-order valence-corrected chi connectivity index (χ1v) is 10.4. The van der Waals surface area contributed by atoms with Gasteiger partial charge in [-0.05, 0) is 49.4 Å². The number of nitrogens with zero attached hydrogens (tertiary/aromatic N) is 1. The van der Waals surface area contributed by atoms with Crippen LogP contribution >= 0.6 is 35.1 Å². The van der Waals surface area contributed by atoms with Crippen LogP contribution in [0.5, 0.6) is 5.75 Å². The third kappa shape index (κ3) is 8.50. The standard InChI is InChI=1S/C16H14Cl2N2O5S.C4H5N/c1-2-24-9-25-11-4-6-14(13(18)8-11)19-16(21)10-3-5-12(17)15(7-10)26-20(22)23;1-2-4-5-3-1/h3-8H,2,9H2,1H3,(H,19,21);1-5H. The molecule has 1 heterocycles. The molecule has 0 spiro atoms. The zero-order chi connectivity index (χ0) is 22.6. The summed E-state index contributed by atoms with van der Waals surface area (Å²) in [5.41, 5.74) is 0.588. The van der Waals surface area contributed by atoms with E-state index in [-0.39, 0.29) is 27.3 Å². The summed E-state index contributed by atoms with van der Waals surface area (Å²) >= 11 is 12.4. The van der Waals surface area contributed by atoms with Gasteiger partial charge >= 0.3 is 0 Å². The molecule has 0 aliphatic rings. The summed E-state index contributed by atoms with van der Waals surface area (Å²) in [5.74, 6) is 0.0226. The van der Waals surface area contributed by atoms with E-state index in [9.17, 15) is 14.9 Å². The van der Waals surface area contributed by atoms with E-state index in [1.807, 2.05) is 31.5 Å². The summed E-state index contributed by atoms with van der Waals surface area (Å²) in [4.78, 5) is 26.0. The Hall–Kier alpha value is -2.72. The maximum Gasteiger partial charge on any atom is 0.267 e. The van der Waals surface area contributed by atoms with Crippen molar-refractivity contribution in [2.75, 3.05) is 18.7 Å². The first-order chi connectivity index (χ1) is 14.9. The van der Waals surface area contributed by atoms with Gasteiger partial charge in [-0.3, -0.25) is 14.9 Å². The van der Waals surface area contributed by atoms with Crippen LogP contribution in [0.4, 0.5) is 5.69 Å². The second-order valence-electron chi connectivity index (χ2n) is 5.70. The lowest BCUT2D eigenvalue weighted by Crippen LogP contribution is -2.12. The second-order valence-corrected chi connectivity index (χ2v) is 7.43. The van der Waals surface area contributed by atoms with Gasteiger partial charge in [0.15, 0.2) is 6.79 Å². The van der Waals surface area contributed by atoms with Crippen molar-refractivity contribution in [3.05, 3.63) is 86.6 Å². The number of anilines is 1. The smallest absolute Gasteiger partial charge is 0.267 e. The molecule has 31 heavy (non-hydrogen) atoms. The number of halogens is 2. The van der Waals surface area contributed by atoms with Crippen molar-refractivity contribution >= 4 is 46.7 Å². The SMILES string of the molecule is CCOCOc1ccc(NC(=O)c2ccc(Cl)c(S[N+](=O)[O-])c2)c(Cl)c1.c1cc[nH]c1. The zero-order valence-corrected chi connectivity index (χ0v) is 18.7. The van der Waals surface area contributed by atoms with Gasteiger partial charge in [0.2, 0.25) is 0 Å². The molecule has 8 nitrogen and oxygen atoms in total. The van der Waals surface area contributed by atoms with E-state index in [2.05, 4.69) is 10.3 Å². The van der Waals surface area contributed by atoms with Crippen LogP contribution in [0.2, 0.25) is 10.0 Å². The summed E-state index contributed by atoms with van der Waals surface area (Å²) < 4.78 is 9.82. The van der Waals surface area contributed by atoms with E-state index in [1.54, 1.807) is 18.2 Å². The van der Waals surface area contributed by atoms with Gasteiger partial charge in [-0.2, -0.15) is 0 Å². The van der Waals surface area contributed by atoms with Crippen LogP contribution in [0.25, 0.3) is 0 Å². The first-order valence-electron chi connectivity index (χ1n) is 8.91. The Balaban J connectivity index is 0.000000597. The van der Waals surface area contributed by atoms with Crippen molar-refractivity contribution < 1.29 is 18.6 Å². The Morgan fingerprint density at radius 3 is 2.48 bits per heavy atom. The molecule has 1 aromatic heterocycles. The third-order valence-corrected chi connectivity index (χ3v) is 5.00. The molecule has 1 amide bonds. The first kappa shape index (κ1) is 24.5. The number of carbonyl (C=O) groups is 1. The number of amides is 1. The minimum absolute atomic E-state index is 0.0974. The van der Waals surface area contributed by atoms with Gasteiger partial charge in [-0.1, -0.05) is 23.2 Å². The van der Waals surface area contributed by atoms with Crippen molar-refractivity contribution in [1.29, 1.82) is 0 Å². The van der Waals surface area contributed by atoms with Crippen molar-refractivity contribution in [1.82, 2.24) is 4.98 Å². The van der Waals surface area contributed by atoms with E-state index in [0.29, 0.717) is 30.0 Å². The number of benzene rings is 2. The molecule has 3 rings (SSSR count). The van der Waals surface area contributed by atoms with Gasteiger partial charge in [0.25, 0.3) is 17.9 Å². The Bertz CT molecular complexity index is 985. The van der Waals surface area contributed by atoms with Gasteiger partial charge < -0.3 is 19.8 Å². The number of nitro groups is 1. The highest BCUT2D eigenvalue weighted by molar-refractivity contribution is 7.93. The predicted molar refractivity (Wildman–Crippen MR) is 122 cm³/mol. The van der Waals surface area contributed by atoms with Crippen molar-refractivity contribution in [3.8, 4) is 5.75 Å². The van der Waals surface area contributed by atoms with E-state index in [1.165, 1.54) is 18.2 Å². The number of H-pyrrole nitrogens is 1. The van der Waals surface area contributed by atoms with Gasteiger partial charge in [0.05, 0.1) is 15.7 Å². The highest BCUT2D eigenvalue weighted by Crippen LogP contribution is 2.30. The summed E-state index contributed by atoms with van der Waals surface area (Å²) in [5, 5.41) is 13.7. The molecule has 2 aromatic carbocycles. The third-order valence-electron chi connectivity index (χ3n) is 3.56. The number of ether oxygens (including phenoxy) is 2. The quantitative estimate of drug-likeness (QED) is 0.135. The predicted octanol–water partition coefficient (Wildman–Crippen LogP) is 5.92. The lowest BCUT2D eigenvalue weighted by Gasteiger charge is -2.10. The lowest BCUT2D eigenvalue weighted by molar-refractivity contribution is -0.284. The van der Waals surface area contributed by atoms with Gasteiger partial charge in [0.1, 0.15) is 15.0 Å². The van der Waals surface area contributed by atoms with E-state index >= 15 is 0 Å². The number of rotatable bonds is 8. The normalized spacial score (nSPS) is 10.0. The molecular weight excluding hydrogens is 465 g/mol. The average Bonchev–Trinajstić information content (AvgIpc) is 3.31. The molecule has 0 aliphatic heterocycles. The van der Waals surface area contributed by atoms with E-state index in [4.69, 9.17) is 32.7 Å². The van der Waals surface area contributed by atoms with Crippen LogP contribution in [0.3, 0.4) is 0 Å². The highest BCUT2D eigenvalue weighted by Gasteiger charge is 2.15. The van der Waals surface area contributed by atoms with Crippen LogP contribution < -0.4 is 10.1 Å². The minimum atomic E-state index is -0.596. The topological polar surface area (TPSA) is 106 Å². The molecule has 0 aliphatic carbocycles. The monoisotopic (exact) mass is 483 g/mol. The maximum absolute atomic E-state index is 12.4. The molecule has 2 N–H and O–H groups in total. The van der Waals surface area contributed by atoms with Crippen molar-refractivity contribution in [3.63, 3.8) is 0 Å². The number of hydrogen-bond acceptors (Lipinski definition) is 6. The van der Waals surface area contributed by atoms with E-state index in [0.717, 1.165) is 0 Å². The molecule has 0 bridgehead atoms. The molecule has 3 aromatic rings. The molecule has 0 fully saturated rings. The Morgan fingerprint density at radius 2 is 1.90 bits per heavy atom. The fraction of sp³-hybridized carbons (Fsp3) is 0.150. The van der Waals surface area contributed by atoms with Crippen molar-refractivity contribution in [2.24, 2.45) is 0 Å². The van der Waals surface area contributed by atoms with Crippen LogP contribution in [0.1, 0.15) is 17.3 Å². The van der Waals surface area contributed by atoms with Crippen LogP contribution in [0.15, 0.2) is 65.8 Å². The minimum Gasteiger partial charge on any atom is -0.468 e. The fourth-order valence-corrected chi connectivity index (χ4v) is 3.08. The zero-order valence-electron chi connectivity index (χ0n) is 16.3. The summed E-state index contributed by atoms with van der Waals surface area (Å²) in [6.45, 7) is 2.47. The maximum atomic E-state index is 12.4. The molecule has 164 valence electrons. The molecule has 0 atom stereocenters. The van der Waals surface area contributed by atoms with Crippen LogP contribution in [-0.2, 0) is 4.74 Å². The Morgan fingerprint density at radius 1 is 1.16 bits per heavy atom. The summed E-state index contributed by atoms with van der Waals surface area (Å²) in [6, 6.07) is 12.9. The van der Waals surface area contributed by atoms with Gasteiger partial charge in [-0.15, -0.1) is 0 Å². The molecule has 0 saturated heterocycles. The second kappa shape index (κ2) is 12.9. The molecular formula is C20H19Cl2N3O5S. The molecule has 0 unspecified atom stereocenters. The fourth-order valence-electron chi connectivity index (χ4n) is 2.15.